The monoisotopic (exact) mass is 350 g/mol. The van der Waals surface area contributed by atoms with Crippen molar-refractivity contribution in [2.75, 3.05) is 19.3 Å². The van der Waals surface area contributed by atoms with E-state index in [4.69, 9.17) is 0 Å². The highest BCUT2D eigenvalue weighted by Crippen LogP contribution is 2.18. The Hall–Kier alpha value is -2.19. The minimum Gasteiger partial charge on any atom is -0.355 e. The molecule has 130 valence electrons. The van der Waals surface area contributed by atoms with E-state index in [0.717, 1.165) is 22.6 Å². The number of carbonyl (C=O) groups excluding carboxylic acids is 1. The highest BCUT2D eigenvalue weighted by Gasteiger charge is 2.16. The van der Waals surface area contributed by atoms with Crippen LogP contribution in [0.4, 0.5) is 0 Å². The summed E-state index contributed by atoms with van der Waals surface area (Å²) >= 11 is 0. The number of nitrogens with one attached hydrogen (secondary N) is 2. The second kappa shape index (κ2) is 7.59. The van der Waals surface area contributed by atoms with Crippen molar-refractivity contribution in [1.82, 2.24) is 19.8 Å². The van der Waals surface area contributed by atoms with E-state index in [0.29, 0.717) is 0 Å². The third-order valence-electron chi connectivity index (χ3n) is 3.78. The zero-order valence-corrected chi connectivity index (χ0v) is 14.9. The summed E-state index contributed by atoms with van der Waals surface area (Å²) < 4.78 is 26.7. The molecule has 2 aromatic rings. The number of rotatable bonds is 7. The van der Waals surface area contributed by atoms with Crippen LogP contribution in [0.15, 0.2) is 30.3 Å². The largest absolute Gasteiger partial charge is 0.355 e. The van der Waals surface area contributed by atoms with Crippen molar-refractivity contribution in [3.63, 3.8) is 0 Å². The smallest absolute Gasteiger partial charge is 0.224 e. The molecule has 2 rings (SSSR count). The molecule has 0 unspecified atom stereocenters. The van der Waals surface area contributed by atoms with Crippen molar-refractivity contribution in [2.24, 2.45) is 0 Å². The van der Waals surface area contributed by atoms with E-state index < -0.39 is 10.0 Å². The van der Waals surface area contributed by atoms with Gasteiger partial charge in [0.15, 0.2) is 0 Å². The summed E-state index contributed by atoms with van der Waals surface area (Å²) in [6.07, 6.45) is 0.171. The molecule has 1 heterocycles. The van der Waals surface area contributed by atoms with Gasteiger partial charge >= 0.3 is 0 Å². The highest BCUT2D eigenvalue weighted by atomic mass is 32.2. The zero-order valence-electron chi connectivity index (χ0n) is 14.0. The third-order valence-corrected chi connectivity index (χ3v) is 5.15. The summed E-state index contributed by atoms with van der Waals surface area (Å²) in [6.45, 7) is 3.86. The number of hydrogen-bond acceptors (Lipinski definition) is 4. The molecule has 24 heavy (non-hydrogen) atoms. The van der Waals surface area contributed by atoms with Crippen LogP contribution in [0.1, 0.15) is 17.0 Å². The average Bonchev–Trinajstić information content (AvgIpc) is 2.83. The van der Waals surface area contributed by atoms with Gasteiger partial charge in [0.25, 0.3) is 0 Å². The molecule has 7 nitrogen and oxygen atoms in total. The van der Waals surface area contributed by atoms with Gasteiger partial charge in [-0.2, -0.15) is 5.10 Å². The fourth-order valence-corrected chi connectivity index (χ4v) is 2.98. The number of aryl methyl sites for hydroxylation is 1. The number of sulfonamides is 1. The van der Waals surface area contributed by atoms with Crippen LogP contribution in [-0.2, 0) is 21.2 Å². The van der Waals surface area contributed by atoms with E-state index in [1.165, 1.54) is 7.05 Å². The van der Waals surface area contributed by atoms with Crippen molar-refractivity contribution in [3.8, 4) is 5.69 Å². The Bertz CT molecular complexity index is 813. The number of para-hydroxylation sites is 1. The highest BCUT2D eigenvalue weighted by molar-refractivity contribution is 7.89. The SMILES string of the molecule is CNS(=O)(=O)CCNC(=O)Cc1c(C)nn(-c2ccccc2)c1C. The van der Waals surface area contributed by atoms with Gasteiger partial charge in [0.05, 0.1) is 23.6 Å². The molecular formula is C16H22N4O3S. The molecule has 1 amide bonds. The topological polar surface area (TPSA) is 93.1 Å². The van der Waals surface area contributed by atoms with Gasteiger partial charge in [-0.3, -0.25) is 4.79 Å². The Balaban J connectivity index is 2.05. The van der Waals surface area contributed by atoms with Crippen LogP contribution in [0.5, 0.6) is 0 Å². The van der Waals surface area contributed by atoms with Crippen molar-refractivity contribution in [1.29, 1.82) is 0 Å². The van der Waals surface area contributed by atoms with Crippen LogP contribution in [-0.4, -0.2) is 43.5 Å². The molecule has 0 fully saturated rings. The van der Waals surface area contributed by atoms with Crippen molar-refractivity contribution >= 4 is 15.9 Å². The molecule has 0 spiro atoms. The zero-order chi connectivity index (χ0) is 17.7. The van der Waals surface area contributed by atoms with Crippen LogP contribution in [0, 0.1) is 13.8 Å². The van der Waals surface area contributed by atoms with Gasteiger partial charge in [0.1, 0.15) is 0 Å². The minimum atomic E-state index is -3.32. The summed E-state index contributed by atoms with van der Waals surface area (Å²) in [6, 6.07) is 9.70. The first kappa shape index (κ1) is 18.2. The molecule has 0 aliphatic carbocycles. The molecule has 0 saturated heterocycles. The maximum absolute atomic E-state index is 12.1. The third kappa shape index (κ3) is 4.42. The van der Waals surface area contributed by atoms with E-state index in [1.807, 2.05) is 48.9 Å². The Morgan fingerprint density at radius 3 is 2.50 bits per heavy atom. The number of aromatic nitrogens is 2. The van der Waals surface area contributed by atoms with Gasteiger partial charge in [0.2, 0.25) is 15.9 Å². The van der Waals surface area contributed by atoms with E-state index >= 15 is 0 Å². The molecular weight excluding hydrogens is 328 g/mol. The lowest BCUT2D eigenvalue weighted by molar-refractivity contribution is -0.120. The van der Waals surface area contributed by atoms with Gasteiger partial charge < -0.3 is 5.32 Å². The molecule has 0 radical (unpaired) electrons. The summed E-state index contributed by atoms with van der Waals surface area (Å²) in [5.74, 6) is -0.364. The molecule has 0 aliphatic heterocycles. The summed E-state index contributed by atoms with van der Waals surface area (Å²) in [5.41, 5.74) is 3.48. The molecule has 1 aromatic heterocycles. The maximum Gasteiger partial charge on any atom is 0.224 e. The van der Waals surface area contributed by atoms with Crippen LogP contribution in [0.3, 0.4) is 0 Å². The van der Waals surface area contributed by atoms with Crippen molar-refractivity contribution in [3.05, 3.63) is 47.3 Å². The summed E-state index contributed by atoms with van der Waals surface area (Å²) in [7, 11) is -1.97. The van der Waals surface area contributed by atoms with Gasteiger partial charge in [-0.05, 0) is 33.0 Å². The fourth-order valence-electron chi connectivity index (χ4n) is 2.40. The molecule has 0 bridgehead atoms. The molecule has 0 saturated carbocycles. The number of amides is 1. The van der Waals surface area contributed by atoms with Crippen LogP contribution >= 0.6 is 0 Å². The first-order chi connectivity index (χ1) is 11.3. The lowest BCUT2D eigenvalue weighted by Crippen LogP contribution is -2.33. The Morgan fingerprint density at radius 2 is 1.88 bits per heavy atom. The minimum absolute atomic E-state index is 0.0763. The number of hydrogen-bond donors (Lipinski definition) is 2. The quantitative estimate of drug-likeness (QED) is 0.769. The molecule has 1 aromatic carbocycles. The fraction of sp³-hybridized carbons (Fsp3) is 0.375. The van der Waals surface area contributed by atoms with E-state index in [-0.39, 0.29) is 24.6 Å². The Labute approximate surface area is 142 Å². The predicted octanol–water partition coefficient (Wildman–Crippen LogP) is 0.697. The standard InChI is InChI=1S/C16H22N4O3S/c1-12-15(11-16(21)18-9-10-24(22,23)17-3)13(2)20(19-12)14-7-5-4-6-8-14/h4-8,17H,9-11H2,1-3H3,(H,18,21). The molecule has 2 N–H and O–H groups in total. The second-order valence-corrected chi connectivity index (χ2v) is 7.49. The van der Waals surface area contributed by atoms with Crippen LogP contribution in [0.25, 0.3) is 5.69 Å². The maximum atomic E-state index is 12.1. The van der Waals surface area contributed by atoms with Crippen molar-refractivity contribution < 1.29 is 13.2 Å². The number of carbonyl (C=O) groups is 1. The second-order valence-electron chi connectivity index (χ2n) is 5.45. The lowest BCUT2D eigenvalue weighted by atomic mass is 10.1. The van der Waals surface area contributed by atoms with Crippen LogP contribution in [0.2, 0.25) is 0 Å². The van der Waals surface area contributed by atoms with Gasteiger partial charge in [-0.15, -0.1) is 0 Å². The van der Waals surface area contributed by atoms with E-state index in [2.05, 4.69) is 15.1 Å². The number of nitrogens with zero attached hydrogens (tertiary/aromatic N) is 2. The average molecular weight is 350 g/mol. The number of benzene rings is 1. The normalized spacial score (nSPS) is 11.5. The van der Waals surface area contributed by atoms with E-state index in [1.54, 1.807) is 0 Å². The predicted molar refractivity (Wildman–Crippen MR) is 92.6 cm³/mol. The molecule has 0 atom stereocenters. The van der Waals surface area contributed by atoms with Gasteiger partial charge in [-0.1, -0.05) is 18.2 Å². The molecule has 8 heteroatoms. The summed E-state index contributed by atoms with van der Waals surface area (Å²) in [4.78, 5) is 12.1. The van der Waals surface area contributed by atoms with E-state index in [9.17, 15) is 13.2 Å². The van der Waals surface area contributed by atoms with Gasteiger partial charge in [0, 0.05) is 17.8 Å². The van der Waals surface area contributed by atoms with Gasteiger partial charge in [-0.25, -0.2) is 17.8 Å². The summed E-state index contributed by atoms with van der Waals surface area (Å²) in [5, 5.41) is 7.13. The Morgan fingerprint density at radius 1 is 1.21 bits per heavy atom. The first-order valence-electron chi connectivity index (χ1n) is 7.62. The molecule has 0 aliphatic rings. The van der Waals surface area contributed by atoms with Crippen molar-refractivity contribution in [2.45, 2.75) is 20.3 Å². The lowest BCUT2D eigenvalue weighted by Gasteiger charge is -2.07. The first-order valence-corrected chi connectivity index (χ1v) is 9.27. The Kier molecular flexibility index (Phi) is 5.74. The van der Waals surface area contributed by atoms with Crippen LogP contribution < -0.4 is 10.0 Å².